The molecule has 0 saturated carbocycles. The molecule has 0 bridgehead atoms. The van der Waals surface area contributed by atoms with Gasteiger partial charge >= 0.3 is 0 Å². The minimum Gasteiger partial charge on any atom is -0.384 e. The first-order valence-corrected chi connectivity index (χ1v) is 12.9. The molecule has 0 amide bonds. The number of rotatable bonds is 5. The first-order valence-electron chi connectivity index (χ1n) is 11.3. The molecule has 0 fully saturated rings. The van der Waals surface area contributed by atoms with Gasteiger partial charge in [0.05, 0.1) is 10.9 Å². The molecule has 176 valence electrons. The minimum absolute atomic E-state index is 0.00233. The molecule has 2 unspecified atom stereocenters. The zero-order valence-corrected chi connectivity index (χ0v) is 19.8. The van der Waals surface area contributed by atoms with Crippen molar-refractivity contribution >= 4 is 21.5 Å². The fraction of sp³-hybridized carbons (Fsp3) is 0.107. The van der Waals surface area contributed by atoms with Gasteiger partial charge < -0.3 is 11.1 Å². The molecule has 1 aliphatic heterocycles. The van der Waals surface area contributed by atoms with Crippen molar-refractivity contribution in [3.05, 3.63) is 119 Å². The van der Waals surface area contributed by atoms with Gasteiger partial charge in [0.25, 0.3) is 0 Å². The lowest BCUT2D eigenvalue weighted by atomic mass is 9.79. The van der Waals surface area contributed by atoms with E-state index in [-0.39, 0.29) is 22.7 Å². The first kappa shape index (κ1) is 22.8. The van der Waals surface area contributed by atoms with Crippen LogP contribution in [0.5, 0.6) is 0 Å². The lowest BCUT2D eigenvalue weighted by Crippen LogP contribution is -2.23. The van der Waals surface area contributed by atoms with Gasteiger partial charge in [0.15, 0.2) is 0 Å². The molecule has 0 radical (unpaired) electrons. The highest BCUT2D eigenvalue weighted by Gasteiger charge is 2.29. The SMILES string of the molecule is N=C(N)c1ccc2c(c1)C(c1ccccc1)CC(c1cccc(-c3ccccc3S(N)(=O)=O)c1)N2. The van der Waals surface area contributed by atoms with Crippen molar-refractivity contribution in [1.82, 2.24) is 0 Å². The highest BCUT2D eigenvalue weighted by atomic mass is 32.2. The summed E-state index contributed by atoms with van der Waals surface area (Å²) in [6.45, 7) is 0. The maximum absolute atomic E-state index is 12.2. The topological polar surface area (TPSA) is 122 Å². The summed E-state index contributed by atoms with van der Waals surface area (Å²) in [6, 6.07) is 30.9. The van der Waals surface area contributed by atoms with Gasteiger partial charge in [0.2, 0.25) is 10.0 Å². The first-order chi connectivity index (χ1) is 16.8. The van der Waals surface area contributed by atoms with E-state index in [2.05, 4.69) is 23.5 Å². The zero-order chi connectivity index (χ0) is 24.6. The zero-order valence-electron chi connectivity index (χ0n) is 19.0. The molecule has 7 heteroatoms. The molecule has 4 aromatic carbocycles. The molecule has 0 spiro atoms. The second-order valence-electron chi connectivity index (χ2n) is 8.78. The van der Waals surface area contributed by atoms with Gasteiger partial charge in [-0.25, -0.2) is 13.6 Å². The maximum Gasteiger partial charge on any atom is 0.238 e. The minimum atomic E-state index is -3.86. The van der Waals surface area contributed by atoms with Crippen LogP contribution in [0.25, 0.3) is 11.1 Å². The number of primary sulfonamides is 1. The second kappa shape index (κ2) is 9.02. The summed E-state index contributed by atoms with van der Waals surface area (Å²) in [5.74, 6) is 0.153. The Balaban J connectivity index is 1.58. The average Bonchev–Trinajstić information content (AvgIpc) is 2.87. The van der Waals surface area contributed by atoms with E-state index in [0.29, 0.717) is 11.1 Å². The van der Waals surface area contributed by atoms with E-state index < -0.39 is 10.0 Å². The van der Waals surface area contributed by atoms with Gasteiger partial charge in [-0.15, -0.1) is 0 Å². The van der Waals surface area contributed by atoms with Crippen LogP contribution in [0.3, 0.4) is 0 Å². The molecule has 1 heterocycles. The quantitative estimate of drug-likeness (QED) is 0.237. The van der Waals surface area contributed by atoms with Crippen LogP contribution in [-0.2, 0) is 10.0 Å². The van der Waals surface area contributed by atoms with Gasteiger partial charge in [0, 0.05) is 22.7 Å². The van der Waals surface area contributed by atoms with Crippen LogP contribution in [-0.4, -0.2) is 14.3 Å². The van der Waals surface area contributed by atoms with Crippen molar-refractivity contribution in [2.75, 3.05) is 5.32 Å². The van der Waals surface area contributed by atoms with Crippen LogP contribution in [0, 0.1) is 5.41 Å². The molecule has 0 saturated heterocycles. The Labute approximate surface area is 205 Å². The Morgan fingerprint density at radius 3 is 2.31 bits per heavy atom. The van der Waals surface area contributed by atoms with Gasteiger partial charge in [-0.1, -0.05) is 66.7 Å². The van der Waals surface area contributed by atoms with Crippen LogP contribution in [0.1, 0.15) is 40.6 Å². The number of hydrogen-bond acceptors (Lipinski definition) is 4. The van der Waals surface area contributed by atoms with Crippen LogP contribution in [0.4, 0.5) is 5.69 Å². The van der Waals surface area contributed by atoms with Crippen molar-refractivity contribution in [1.29, 1.82) is 5.41 Å². The lowest BCUT2D eigenvalue weighted by molar-refractivity contribution is 0.598. The fourth-order valence-electron chi connectivity index (χ4n) is 4.86. The predicted molar refractivity (Wildman–Crippen MR) is 140 cm³/mol. The Hall–Kier alpha value is -3.94. The predicted octanol–water partition coefficient (Wildman–Crippen LogP) is 4.97. The van der Waals surface area contributed by atoms with Crippen LogP contribution < -0.4 is 16.2 Å². The van der Waals surface area contributed by atoms with Crippen molar-refractivity contribution in [2.45, 2.75) is 23.3 Å². The average molecular weight is 483 g/mol. The summed E-state index contributed by atoms with van der Waals surface area (Å²) in [7, 11) is -3.86. The molecule has 5 rings (SSSR count). The molecule has 0 aliphatic carbocycles. The van der Waals surface area contributed by atoms with E-state index in [9.17, 15) is 8.42 Å². The Kier molecular flexibility index (Phi) is 5.88. The Bertz CT molecular complexity index is 1520. The van der Waals surface area contributed by atoms with Crippen LogP contribution in [0.2, 0.25) is 0 Å². The number of nitrogens with one attached hydrogen (secondary N) is 2. The summed E-state index contributed by atoms with van der Waals surface area (Å²) in [4.78, 5) is 0.109. The van der Waals surface area contributed by atoms with Crippen molar-refractivity contribution in [2.24, 2.45) is 10.9 Å². The molecule has 4 aromatic rings. The molecular weight excluding hydrogens is 456 g/mol. The third-order valence-electron chi connectivity index (χ3n) is 6.53. The van der Waals surface area contributed by atoms with E-state index in [1.165, 1.54) is 11.6 Å². The molecule has 0 aromatic heterocycles. The molecule has 35 heavy (non-hydrogen) atoms. The van der Waals surface area contributed by atoms with E-state index in [4.69, 9.17) is 16.3 Å². The summed E-state index contributed by atoms with van der Waals surface area (Å²) in [6.07, 6.45) is 0.790. The summed E-state index contributed by atoms with van der Waals surface area (Å²) in [5.41, 5.74) is 12.2. The second-order valence-corrected chi connectivity index (χ2v) is 10.3. The lowest BCUT2D eigenvalue weighted by Gasteiger charge is -2.34. The van der Waals surface area contributed by atoms with Gasteiger partial charge in [-0.05, 0) is 59.0 Å². The number of benzene rings is 4. The highest BCUT2D eigenvalue weighted by Crippen LogP contribution is 2.44. The molecule has 6 nitrogen and oxygen atoms in total. The van der Waals surface area contributed by atoms with Gasteiger partial charge in [0.1, 0.15) is 5.84 Å². The van der Waals surface area contributed by atoms with Gasteiger partial charge in [-0.3, -0.25) is 5.41 Å². The monoisotopic (exact) mass is 482 g/mol. The molecule has 1 aliphatic rings. The van der Waals surface area contributed by atoms with E-state index in [0.717, 1.165) is 28.8 Å². The Morgan fingerprint density at radius 2 is 1.57 bits per heavy atom. The third kappa shape index (κ3) is 4.56. The fourth-order valence-corrected chi connectivity index (χ4v) is 5.62. The number of hydrogen-bond donors (Lipinski definition) is 4. The van der Waals surface area contributed by atoms with Crippen LogP contribution >= 0.6 is 0 Å². The molecular formula is C28H26N4O2S. The summed E-state index contributed by atoms with van der Waals surface area (Å²) in [5, 5.41) is 17.0. The van der Waals surface area contributed by atoms with E-state index >= 15 is 0 Å². The number of sulfonamides is 1. The molecule has 6 N–H and O–H groups in total. The largest absolute Gasteiger partial charge is 0.384 e. The smallest absolute Gasteiger partial charge is 0.238 e. The number of nitrogen functional groups attached to an aromatic ring is 1. The summed E-state index contributed by atoms with van der Waals surface area (Å²) < 4.78 is 24.3. The van der Waals surface area contributed by atoms with E-state index in [1.807, 2.05) is 60.7 Å². The number of amidine groups is 1. The third-order valence-corrected chi connectivity index (χ3v) is 7.50. The number of fused-ring (bicyclic) bond motifs is 1. The van der Waals surface area contributed by atoms with Crippen molar-refractivity contribution in [3.63, 3.8) is 0 Å². The molecule has 2 atom stereocenters. The normalized spacial score (nSPS) is 17.3. The van der Waals surface area contributed by atoms with Crippen molar-refractivity contribution in [3.8, 4) is 11.1 Å². The Morgan fingerprint density at radius 1 is 0.857 bits per heavy atom. The summed E-state index contributed by atoms with van der Waals surface area (Å²) >= 11 is 0. The van der Waals surface area contributed by atoms with Gasteiger partial charge in [-0.2, -0.15) is 0 Å². The highest BCUT2D eigenvalue weighted by molar-refractivity contribution is 7.89. The maximum atomic E-state index is 12.2. The van der Waals surface area contributed by atoms with E-state index in [1.54, 1.807) is 12.1 Å². The number of nitrogens with two attached hydrogens (primary N) is 2. The number of anilines is 1. The van der Waals surface area contributed by atoms with Crippen molar-refractivity contribution < 1.29 is 8.42 Å². The standard InChI is InChI=1S/C28H26N4O2S/c29-28(30)21-13-14-25-24(16-21)23(18-7-2-1-3-8-18)17-26(32-25)20-10-6-9-19(15-20)22-11-4-5-12-27(22)35(31,33)34/h1-16,23,26,32H,17H2,(H3,29,30)(H2,31,33,34). The van der Waals surface area contributed by atoms with Crippen LogP contribution in [0.15, 0.2) is 102 Å².